The lowest BCUT2D eigenvalue weighted by molar-refractivity contribution is 0.678. The van der Waals surface area contributed by atoms with Crippen LogP contribution in [-0.4, -0.2) is 15.8 Å². The van der Waals surface area contributed by atoms with Crippen LogP contribution in [0.25, 0.3) is 0 Å². The van der Waals surface area contributed by atoms with Crippen LogP contribution < -0.4 is 5.32 Å². The highest BCUT2D eigenvalue weighted by Crippen LogP contribution is 2.34. The van der Waals surface area contributed by atoms with Crippen LogP contribution in [0.15, 0.2) is 34.2 Å². The van der Waals surface area contributed by atoms with Crippen molar-refractivity contribution in [1.82, 2.24) is 15.1 Å². The van der Waals surface area contributed by atoms with Gasteiger partial charge in [-0.2, -0.15) is 5.10 Å². The summed E-state index contributed by atoms with van der Waals surface area (Å²) in [6.45, 7) is 2.85. The minimum Gasteiger partial charge on any atom is -0.310 e. The van der Waals surface area contributed by atoms with Gasteiger partial charge in [-0.25, -0.2) is 0 Å². The minimum atomic E-state index is 0.683. The molecule has 1 aliphatic rings. The molecule has 0 aliphatic heterocycles. The van der Waals surface area contributed by atoms with Gasteiger partial charge in [0.05, 0.1) is 10.7 Å². The first-order valence-electron chi connectivity index (χ1n) is 6.83. The van der Waals surface area contributed by atoms with Gasteiger partial charge in [-0.1, -0.05) is 29.4 Å². The lowest BCUT2D eigenvalue weighted by Gasteiger charge is -2.12. The molecule has 106 valence electrons. The molecule has 1 heterocycles. The Kier molecular flexibility index (Phi) is 4.06. The van der Waals surface area contributed by atoms with Crippen molar-refractivity contribution in [2.75, 3.05) is 0 Å². The van der Waals surface area contributed by atoms with Crippen molar-refractivity contribution in [2.24, 2.45) is 7.05 Å². The van der Waals surface area contributed by atoms with Crippen LogP contribution in [0.2, 0.25) is 5.02 Å². The quantitative estimate of drug-likeness (QED) is 0.911. The summed E-state index contributed by atoms with van der Waals surface area (Å²) >= 11 is 8.09. The molecule has 1 fully saturated rings. The van der Waals surface area contributed by atoms with Gasteiger partial charge in [-0.3, -0.25) is 4.68 Å². The first-order valence-corrected chi connectivity index (χ1v) is 8.02. The Labute approximate surface area is 128 Å². The second kappa shape index (κ2) is 5.80. The first-order chi connectivity index (χ1) is 9.63. The summed E-state index contributed by atoms with van der Waals surface area (Å²) in [5.74, 6) is 0. The molecule has 1 aliphatic carbocycles. The molecule has 3 rings (SSSR count). The summed E-state index contributed by atoms with van der Waals surface area (Å²) in [5, 5.41) is 9.90. The third-order valence-electron chi connectivity index (χ3n) is 3.39. The van der Waals surface area contributed by atoms with Gasteiger partial charge in [0.25, 0.3) is 0 Å². The van der Waals surface area contributed by atoms with Crippen molar-refractivity contribution in [3.05, 3.63) is 40.5 Å². The Hall–Kier alpha value is -0.970. The molecule has 2 aromatic rings. The Balaban J connectivity index is 1.83. The Morgan fingerprint density at radius 2 is 2.25 bits per heavy atom. The highest BCUT2D eigenvalue weighted by Gasteiger charge is 2.21. The first kappa shape index (κ1) is 14.0. The van der Waals surface area contributed by atoms with Crippen molar-refractivity contribution in [3.63, 3.8) is 0 Å². The second-order valence-corrected chi connectivity index (χ2v) is 6.69. The molecule has 0 spiro atoms. The van der Waals surface area contributed by atoms with Gasteiger partial charge >= 0.3 is 0 Å². The summed E-state index contributed by atoms with van der Waals surface area (Å²) in [5.41, 5.74) is 2.22. The molecule has 3 nitrogen and oxygen atoms in total. The maximum absolute atomic E-state index is 6.37. The zero-order chi connectivity index (χ0) is 14.1. The smallest absolute Gasteiger partial charge is 0.0987 e. The molecule has 5 heteroatoms. The van der Waals surface area contributed by atoms with E-state index in [-0.39, 0.29) is 0 Å². The largest absolute Gasteiger partial charge is 0.310 e. The van der Waals surface area contributed by atoms with Gasteiger partial charge in [0.2, 0.25) is 0 Å². The third-order valence-corrected chi connectivity index (χ3v) is 4.94. The Morgan fingerprint density at radius 1 is 1.45 bits per heavy atom. The van der Waals surface area contributed by atoms with E-state index < -0.39 is 0 Å². The van der Waals surface area contributed by atoms with Crippen molar-refractivity contribution >= 4 is 23.4 Å². The predicted molar refractivity (Wildman–Crippen MR) is 83.4 cm³/mol. The van der Waals surface area contributed by atoms with E-state index in [1.807, 2.05) is 30.8 Å². The van der Waals surface area contributed by atoms with Crippen molar-refractivity contribution in [2.45, 2.75) is 42.3 Å². The fourth-order valence-corrected chi connectivity index (χ4v) is 3.51. The lowest BCUT2D eigenvalue weighted by atomic mass is 10.2. The summed E-state index contributed by atoms with van der Waals surface area (Å²) in [6.07, 6.45) is 2.57. The number of hydrogen-bond donors (Lipinski definition) is 1. The highest BCUT2D eigenvalue weighted by molar-refractivity contribution is 7.99. The molecule has 0 amide bonds. The predicted octanol–water partition coefficient (Wildman–Crippen LogP) is 3.79. The molecule has 0 saturated heterocycles. The van der Waals surface area contributed by atoms with Gasteiger partial charge in [0, 0.05) is 29.6 Å². The van der Waals surface area contributed by atoms with Crippen molar-refractivity contribution in [3.8, 4) is 0 Å². The number of rotatable bonds is 5. The van der Waals surface area contributed by atoms with E-state index in [4.69, 9.17) is 11.6 Å². The topological polar surface area (TPSA) is 29.9 Å². The summed E-state index contributed by atoms with van der Waals surface area (Å²) in [7, 11) is 1.97. The standard InChI is InChI=1S/C15H18ClN3S/c1-10-8-15(19(2)18-10)20-14-5-3-4-13(16)12(14)9-17-11-6-7-11/h3-5,8,11,17H,6-7,9H2,1-2H3. The number of benzene rings is 1. The molecule has 0 atom stereocenters. The minimum absolute atomic E-state index is 0.683. The van der Waals surface area contributed by atoms with Crippen molar-refractivity contribution < 1.29 is 0 Å². The van der Waals surface area contributed by atoms with Gasteiger partial charge in [0.15, 0.2) is 0 Å². The van der Waals surface area contributed by atoms with Gasteiger partial charge < -0.3 is 5.32 Å². The fourth-order valence-electron chi connectivity index (χ4n) is 2.13. The molecular formula is C15H18ClN3S. The van der Waals surface area contributed by atoms with E-state index in [9.17, 15) is 0 Å². The normalized spacial score (nSPS) is 14.8. The summed E-state index contributed by atoms with van der Waals surface area (Å²) in [6, 6.07) is 8.88. The number of hydrogen-bond acceptors (Lipinski definition) is 3. The van der Waals surface area contributed by atoms with Crippen molar-refractivity contribution in [1.29, 1.82) is 0 Å². The molecule has 1 saturated carbocycles. The average molecular weight is 308 g/mol. The maximum Gasteiger partial charge on any atom is 0.0987 e. The number of halogens is 1. The summed E-state index contributed by atoms with van der Waals surface area (Å²) < 4.78 is 1.92. The van der Waals surface area contributed by atoms with E-state index in [2.05, 4.69) is 22.5 Å². The Morgan fingerprint density at radius 3 is 2.90 bits per heavy atom. The van der Waals surface area contributed by atoms with Crippen LogP contribution in [0, 0.1) is 6.92 Å². The van der Waals surface area contributed by atoms with Gasteiger partial charge in [-0.05, 0) is 43.5 Å². The monoisotopic (exact) mass is 307 g/mol. The van der Waals surface area contributed by atoms with E-state index >= 15 is 0 Å². The zero-order valence-electron chi connectivity index (χ0n) is 11.7. The van der Waals surface area contributed by atoms with Gasteiger partial charge in [0.1, 0.15) is 0 Å². The van der Waals surface area contributed by atoms with E-state index in [0.29, 0.717) is 6.04 Å². The van der Waals surface area contributed by atoms with Crippen LogP contribution in [0.5, 0.6) is 0 Å². The zero-order valence-corrected chi connectivity index (χ0v) is 13.3. The Bertz CT molecular complexity index is 620. The van der Waals surface area contributed by atoms with Crippen LogP contribution >= 0.6 is 23.4 Å². The number of aryl methyl sites for hydroxylation is 2. The van der Waals surface area contributed by atoms with Crippen LogP contribution in [0.4, 0.5) is 0 Å². The number of nitrogens with zero attached hydrogens (tertiary/aromatic N) is 2. The molecule has 0 radical (unpaired) electrons. The molecule has 0 unspecified atom stereocenters. The summed E-state index contributed by atoms with van der Waals surface area (Å²) in [4.78, 5) is 1.20. The molecule has 20 heavy (non-hydrogen) atoms. The maximum atomic E-state index is 6.37. The third kappa shape index (κ3) is 3.19. The SMILES string of the molecule is Cc1cc(Sc2cccc(Cl)c2CNC2CC2)n(C)n1. The lowest BCUT2D eigenvalue weighted by Crippen LogP contribution is -2.16. The number of aromatic nitrogens is 2. The van der Waals surface area contributed by atoms with E-state index in [0.717, 1.165) is 22.3 Å². The molecule has 1 aromatic carbocycles. The van der Waals surface area contributed by atoms with Crippen LogP contribution in [0.3, 0.4) is 0 Å². The molecular weight excluding hydrogens is 290 g/mol. The average Bonchev–Trinajstić information content (AvgIpc) is 3.16. The fraction of sp³-hybridized carbons (Fsp3) is 0.400. The second-order valence-electron chi connectivity index (χ2n) is 5.22. The van der Waals surface area contributed by atoms with E-state index in [1.54, 1.807) is 11.8 Å². The molecule has 1 N–H and O–H groups in total. The highest BCUT2D eigenvalue weighted by atomic mass is 35.5. The van der Waals surface area contributed by atoms with E-state index in [1.165, 1.54) is 23.3 Å². The molecule has 0 bridgehead atoms. The number of nitrogens with one attached hydrogen (secondary N) is 1. The van der Waals surface area contributed by atoms with Crippen LogP contribution in [0.1, 0.15) is 24.1 Å². The molecule has 1 aromatic heterocycles. The van der Waals surface area contributed by atoms with Crippen LogP contribution in [-0.2, 0) is 13.6 Å². The van der Waals surface area contributed by atoms with Gasteiger partial charge in [-0.15, -0.1) is 0 Å².